The molecule has 2 unspecified atom stereocenters. The number of ether oxygens (including phenoxy) is 2. The van der Waals surface area contributed by atoms with Gasteiger partial charge in [0.05, 0.1) is 0 Å². The van der Waals surface area contributed by atoms with Crippen molar-refractivity contribution in [1.29, 1.82) is 10.5 Å². The van der Waals surface area contributed by atoms with Crippen LogP contribution < -0.4 is 0 Å². The Hall–Kier alpha value is -3.26. The molecule has 0 aliphatic rings. The van der Waals surface area contributed by atoms with Crippen LogP contribution >= 0.6 is 0 Å². The average molecular weight is 276 g/mol. The van der Waals surface area contributed by atoms with Crippen molar-refractivity contribution in [2.24, 2.45) is 0 Å². The Labute approximate surface area is 113 Å². The lowest BCUT2D eigenvalue weighted by Gasteiger charge is -2.17. The summed E-state index contributed by atoms with van der Waals surface area (Å²) in [6.45, 7) is 0. The Kier molecular flexibility index (Phi) is 4.89. The summed E-state index contributed by atoms with van der Waals surface area (Å²) in [5.74, 6) is -2.94. The highest BCUT2D eigenvalue weighted by molar-refractivity contribution is 5.79. The zero-order chi connectivity index (χ0) is 15.1. The van der Waals surface area contributed by atoms with E-state index in [4.69, 9.17) is 20.7 Å². The van der Waals surface area contributed by atoms with E-state index >= 15 is 0 Å². The van der Waals surface area contributed by atoms with Crippen LogP contribution in [0.4, 0.5) is 0 Å². The summed E-state index contributed by atoms with van der Waals surface area (Å²) in [5, 5.41) is 34.9. The van der Waals surface area contributed by atoms with Crippen LogP contribution in [0.2, 0.25) is 0 Å². The maximum Gasteiger partial charge on any atom is 0.350 e. The van der Waals surface area contributed by atoms with Gasteiger partial charge in [0.2, 0.25) is 12.2 Å². The van der Waals surface area contributed by atoms with E-state index in [1.807, 2.05) is 0 Å². The summed E-state index contributed by atoms with van der Waals surface area (Å²) in [7, 11) is 0. The van der Waals surface area contributed by atoms with Crippen LogP contribution in [0.25, 0.3) is 0 Å². The Morgan fingerprint density at radius 3 is 1.55 bits per heavy atom. The first-order chi connectivity index (χ1) is 9.52. The minimum Gasteiger partial charge on any atom is -0.478 e. The van der Waals surface area contributed by atoms with E-state index in [-0.39, 0.29) is 11.1 Å². The smallest absolute Gasteiger partial charge is 0.350 e. The monoisotopic (exact) mass is 276 g/mol. The van der Waals surface area contributed by atoms with Crippen molar-refractivity contribution >= 4 is 11.9 Å². The van der Waals surface area contributed by atoms with Crippen LogP contribution in [0.15, 0.2) is 24.3 Å². The highest BCUT2D eigenvalue weighted by Crippen LogP contribution is 2.28. The maximum absolute atomic E-state index is 11.1. The molecule has 20 heavy (non-hydrogen) atoms. The standard InChI is InChI=1S/C12H8N2O6/c13-5-19-9(11(15)16)7-3-1-2-4-8(7)10(12(17)18)20-6-14/h1-4,9-10H,(H,15,16)(H,17,18). The molecule has 2 N–H and O–H groups in total. The molecular formula is C12H8N2O6. The van der Waals surface area contributed by atoms with Gasteiger partial charge in [0, 0.05) is 11.1 Å². The van der Waals surface area contributed by atoms with Crippen molar-refractivity contribution in [3.8, 4) is 12.5 Å². The number of carbonyl (C=O) groups is 2. The number of benzene rings is 1. The molecule has 8 nitrogen and oxygen atoms in total. The summed E-state index contributed by atoms with van der Waals surface area (Å²) in [6.07, 6.45) is -0.879. The number of nitrogens with zero attached hydrogens (tertiary/aromatic N) is 2. The first-order valence-electron chi connectivity index (χ1n) is 5.16. The summed E-state index contributed by atoms with van der Waals surface area (Å²) in [6, 6.07) is 5.45. The zero-order valence-electron chi connectivity index (χ0n) is 9.89. The van der Waals surface area contributed by atoms with Crippen LogP contribution in [0.1, 0.15) is 23.3 Å². The van der Waals surface area contributed by atoms with E-state index in [0.29, 0.717) is 0 Å². The molecule has 8 heteroatoms. The molecule has 0 aliphatic heterocycles. The lowest BCUT2D eigenvalue weighted by atomic mass is 9.98. The lowest BCUT2D eigenvalue weighted by molar-refractivity contribution is -0.149. The second-order valence-electron chi connectivity index (χ2n) is 3.48. The van der Waals surface area contributed by atoms with Crippen molar-refractivity contribution < 1.29 is 29.3 Å². The number of carboxylic acids is 2. The van der Waals surface area contributed by atoms with Gasteiger partial charge in [0.15, 0.2) is 0 Å². The number of hydrogen-bond acceptors (Lipinski definition) is 6. The van der Waals surface area contributed by atoms with E-state index in [1.54, 1.807) is 0 Å². The van der Waals surface area contributed by atoms with Crippen LogP contribution in [-0.2, 0) is 19.1 Å². The predicted molar refractivity (Wildman–Crippen MR) is 60.6 cm³/mol. The summed E-state index contributed by atoms with van der Waals surface area (Å²) in [4.78, 5) is 22.1. The van der Waals surface area contributed by atoms with Gasteiger partial charge >= 0.3 is 11.9 Å². The lowest BCUT2D eigenvalue weighted by Crippen LogP contribution is -2.20. The molecular weight excluding hydrogens is 268 g/mol. The van der Waals surface area contributed by atoms with Gasteiger partial charge in [-0.05, 0) is 0 Å². The van der Waals surface area contributed by atoms with Gasteiger partial charge in [-0.25, -0.2) is 9.59 Å². The molecule has 0 fully saturated rings. The third-order valence-electron chi connectivity index (χ3n) is 2.35. The van der Waals surface area contributed by atoms with Crippen LogP contribution in [0.3, 0.4) is 0 Å². The number of carboxylic acid groups (broad SMARTS) is 2. The van der Waals surface area contributed by atoms with Gasteiger partial charge in [0.25, 0.3) is 12.5 Å². The minimum atomic E-state index is -1.68. The molecule has 2 atom stereocenters. The van der Waals surface area contributed by atoms with Gasteiger partial charge in [0.1, 0.15) is 0 Å². The van der Waals surface area contributed by atoms with Gasteiger partial charge in [-0.1, -0.05) is 24.3 Å². The molecule has 0 aliphatic carbocycles. The fraction of sp³-hybridized carbons (Fsp3) is 0.167. The molecule has 102 valence electrons. The molecule has 0 bridgehead atoms. The molecule has 0 radical (unpaired) electrons. The first-order valence-corrected chi connectivity index (χ1v) is 5.16. The van der Waals surface area contributed by atoms with Crippen LogP contribution in [-0.4, -0.2) is 22.2 Å². The van der Waals surface area contributed by atoms with Gasteiger partial charge < -0.3 is 19.7 Å². The summed E-state index contributed by atoms with van der Waals surface area (Å²) in [5.41, 5.74) is -0.159. The molecule has 0 heterocycles. The van der Waals surface area contributed by atoms with Gasteiger partial charge in [-0.2, -0.15) is 10.5 Å². The SMILES string of the molecule is N#COC(C(=O)O)c1ccccc1C(OC#N)C(=O)O. The van der Waals surface area contributed by atoms with E-state index < -0.39 is 24.1 Å². The van der Waals surface area contributed by atoms with E-state index in [1.165, 1.54) is 36.8 Å². The third-order valence-corrected chi connectivity index (χ3v) is 2.35. The summed E-state index contributed by atoms with van der Waals surface area (Å²) >= 11 is 0. The number of nitriles is 2. The fourth-order valence-corrected chi connectivity index (χ4v) is 1.59. The molecule has 0 saturated heterocycles. The highest BCUT2D eigenvalue weighted by Gasteiger charge is 2.31. The average Bonchev–Trinajstić information content (AvgIpc) is 2.41. The molecule has 1 aromatic rings. The summed E-state index contributed by atoms with van der Waals surface area (Å²) < 4.78 is 8.83. The highest BCUT2D eigenvalue weighted by atomic mass is 16.5. The molecule has 0 saturated carbocycles. The Morgan fingerprint density at radius 1 is 0.950 bits per heavy atom. The van der Waals surface area contributed by atoms with Crippen LogP contribution in [0.5, 0.6) is 0 Å². The van der Waals surface area contributed by atoms with E-state index in [9.17, 15) is 9.59 Å². The largest absolute Gasteiger partial charge is 0.478 e. The van der Waals surface area contributed by atoms with Crippen molar-refractivity contribution in [1.82, 2.24) is 0 Å². The van der Waals surface area contributed by atoms with Crippen molar-refractivity contribution in [3.63, 3.8) is 0 Å². The quantitative estimate of drug-likeness (QED) is 0.731. The van der Waals surface area contributed by atoms with Crippen molar-refractivity contribution in [2.45, 2.75) is 12.2 Å². The molecule has 1 aromatic carbocycles. The maximum atomic E-state index is 11.1. The molecule has 0 spiro atoms. The molecule has 1 rings (SSSR count). The zero-order valence-corrected chi connectivity index (χ0v) is 9.89. The van der Waals surface area contributed by atoms with E-state index in [2.05, 4.69) is 9.47 Å². The Morgan fingerprint density at radius 2 is 1.30 bits per heavy atom. The number of hydrogen-bond donors (Lipinski definition) is 2. The predicted octanol–water partition coefficient (Wildman–Crippen LogP) is 0.933. The normalized spacial score (nSPS) is 12.3. The Bertz CT molecular complexity index is 548. The molecule has 0 amide bonds. The van der Waals surface area contributed by atoms with Crippen molar-refractivity contribution in [2.75, 3.05) is 0 Å². The Balaban J connectivity index is 3.35. The van der Waals surface area contributed by atoms with Gasteiger partial charge in [-0.15, -0.1) is 0 Å². The van der Waals surface area contributed by atoms with Crippen LogP contribution in [0, 0.1) is 23.0 Å². The number of rotatable bonds is 6. The second kappa shape index (κ2) is 6.61. The second-order valence-corrected chi connectivity index (χ2v) is 3.48. The van der Waals surface area contributed by atoms with Crippen molar-refractivity contribution in [3.05, 3.63) is 35.4 Å². The third kappa shape index (κ3) is 3.15. The van der Waals surface area contributed by atoms with E-state index in [0.717, 1.165) is 0 Å². The fourth-order valence-electron chi connectivity index (χ4n) is 1.59. The number of aliphatic carboxylic acids is 2. The minimum absolute atomic E-state index is 0.0794. The molecule has 0 aromatic heterocycles. The topological polar surface area (TPSA) is 141 Å². The van der Waals surface area contributed by atoms with Gasteiger partial charge in [-0.3, -0.25) is 0 Å². The first kappa shape index (κ1) is 14.8.